The Bertz CT molecular complexity index is 1720. The van der Waals surface area contributed by atoms with Gasteiger partial charge in [-0.3, -0.25) is 9.20 Å². The zero-order valence-corrected chi connectivity index (χ0v) is 23.8. The van der Waals surface area contributed by atoms with Crippen molar-refractivity contribution < 1.29 is 27.6 Å². The number of ether oxygens (including phenoxy) is 1. The molecule has 0 saturated carbocycles. The number of carbonyl (C=O) groups is 1. The van der Waals surface area contributed by atoms with E-state index in [2.05, 4.69) is 30.3 Å². The zero-order valence-electron chi connectivity index (χ0n) is 23.0. The summed E-state index contributed by atoms with van der Waals surface area (Å²) in [6.07, 6.45) is 6.53. The number of aliphatic hydroxyl groups excluding tert-OH is 1. The van der Waals surface area contributed by atoms with Gasteiger partial charge in [0.2, 0.25) is 11.7 Å². The number of benzene rings is 2. The molecule has 3 heterocycles. The predicted molar refractivity (Wildman–Crippen MR) is 154 cm³/mol. The van der Waals surface area contributed by atoms with Gasteiger partial charge in [0.15, 0.2) is 23.0 Å². The maximum Gasteiger partial charge on any atom is 0.237 e. The highest BCUT2D eigenvalue weighted by molar-refractivity contribution is 7.93. The number of nitrogens with zero attached hydrogens (tertiary/aromatic N) is 4. The van der Waals surface area contributed by atoms with Crippen LogP contribution in [0.25, 0.3) is 16.9 Å². The van der Waals surface area contributed by atoms with Gasteiger partial charge >= 0.3 is 0 Å². The lowest BCUT2D eigenvalue weighted by Gasteiger charge is -2.11. The number of imidazole rings is 1. The van der Waals surface area contributed by atoms with Crippen LogP contribution in [0.4, 0.5) is 20.3 Å². The zero-order chi connectivity index (χ0) is 29.9. The van der Waals surface area contributed by atoms with Crippen LogP contribution in [0.1, 0.15) is 12.8 Å². The number of β-amino-alcohol motifs (C(OH)–C–C–N with tert-alkyl or cyclic N) is 1. The molecule has 3 atom stereocenters. The molecule has 1 aliphatic rings. The summed E-state index contributed by atoms with van der Waals surface area (Å²) >= 11 is 0. The van der Waals surface area contributed by atoms with E-state index in [0.29, 0.717) is 60.2 Å². The SMILES string of the molecule is COc1ccc(-c2cnc3c(Nc4ccc(S(C)(=O)=NCCCNC(=O)[C@@H]5C[C@@H](O)CN5)cc4)nccn23)c(F)c1F. The normalized spacial score (nSPS) is 18.0. The van der Waals surface area contributed by atoms with Crippen molar-refractivity contribution >= 4 is 32.8 Å². The minimum Gasteiger partial charge on any atom is -0.494 e. The van der Waals surface area contributed by atoms with Crippen molar-refractivity contribution in [2.75, 3.05) is 38.3 Å². The Morgan fingerprint density at radius 3 is 2.71 bits per heavy atom. The molecular weight excluding hydrogens is 568 g/mol. The van der Waals surface area contributed by atoms with E-state index in [1.807, 2.05) is 0 Å². The lowest BCUT2D eigenvalue weighted by atomic mass is 10.1. The number of carbonyl (C=O) groups excluding carboxylic acids is 1. The highest BCUT2D eigenvalue weighted by Crippen LogP contribution is 2.31. The van der Waals surface area contributed by atoms with Crippen LogP contribution in [0.5, 0.6) is 5.75 Å². The Labute approximate surface area is 241 Å². The van der Waals surface area contributed by atoms with E-state index in [-0.39, 0.29) is 17.2 Å². The number of amides is 1. The maximum absolute atomic E-state index is 14.8. The van der Waals surface area contributed by atoms with E-state index in [9.17, 15) is 22.9 Å². The largest absolute Gasteiger partial charge is 0.494 e. The fourth-order valence-electron chi connectivity index (χ4n) is 4.67. The van der Waals surface area contributed by atoms with Gasteiger partial charge < -0.3 is 25.8 Å². The maximum atomic E-state index is 14.8. The summed E-state index contributed by atoms with van der Waals surface area (Å²) in [7, 11) is -1.40. The quantitative estimate of drug-likeness (QED) is 0.204. The van der Waals surface area contributed by atoms with Crippen LogP contribution in [-0.4, -0.2) is 74.7 Å². The van der Waals surface area contributed by atoms with E-state index < -0.39 is 33.5 Å². The second kappa shape index (κ2) is 12.4. The first kappa shape index (κ1) is 29.4. The predicted octanol–water partition coefficient (Wildman–Crippen LogP) is 3.11. The van der Waals surface area contributed by atoms with Gasteiger partial charge in [0, 0.05) is 47.9 Å². The summed E-state index contributed by atoms with van der Waals surface area (Å²) in [5.74, 6) is -2.09. The number of hydrogen-bond acceptors (Lipinski definition) is 9. The molecule has 222 valence electrons. The molecule has 11 nitrogen and oxygen atoms in total. The monoisotopic (exact) mass is 599 g/mol. The average molecular weight is 600 g/mol. The highest BCUT2D eigenvalue weighted by atomic mass is 32.2. The first-order valence-electron chi connectivity index (χ1n) is 13.3. The third kappa shape index (κ3) is 6.20. The van der Waals surface area contributed by atoms with Crippen LogP contribution >= 0.6 is 0 Å². The van der Waals surface area contributed by atoms with Gasteiger partial charge in [-0.05, 0) is 49.2 Å². The fourth-order valence-corrected chi connectivity index (χ4v) is 5.93. The van der Waals surface area contributed by atoms with Gasteiger partial charge in [-0.1, -0.05) is 0 Å². The molecule has 0 radical (unpaired) electrons. The van der Waals surface area contributed by atoms with E-state index in [0.717, 1.165) is 0 Å². The Hall–Kier alpha value is -4.14. The van der Waals surface area contributed by atoms with E-state index in [4.69, 9.17) is 4.74 Å². The van der Waals surface area contributed by atoms with Gasteiger partial charge in [0.1, 0.15) is 0 Å². The van der Waals surface area contributed by atoms with Crippen molar-refractivity contribution in [1.82, 2.24) is 25.0 Å². The van der Waals surface area contributed by atoms with Crippen LogP contribution in [0.15, 0.2) is 64.2 Å². The molecule has 2 aromatic carbocycles. The summed E-state index contributed by atoms with van der Waals surface area (Å²) in [5, 5.41) is 18.5. The van der Waals surface area contributed by atoms with E-state index in [1.165, 1.54) is 31.6 Å². The van der Waals surface area contributed by atoms with Crippen LogP contribution in [0, 0.1) is 11.6 Å². The fraction of sp³-hybridized carbons (Fsp3) is 0.321. The molecule has 4 aromatic rings. The average Bonchev–Trinajstić information content (AvgIpc) is 3.61. The highest BCUT2D eigenvalue weighted by Gasteiger charge is 2.27. The number of aromatic nitrogens is 3. The summed E-state index contributed by atoms with van der Waals surface area (Å²) in [5.41, 5.74) is 1.41. The Morgan fingerprint density at radius 2 is 2.00 bits per heavy atom. The second-order valence-electron chi connectivity index (χ2n) is 9.86. The number of methoxy groups -OCH3 is 1. The summed E-state index contributed by atoms with van der Waals surface area (Å²) in [4.78, 5) is 21.4. The van der Waals surface area contributed by atoms with Crippen molar-refractivity contribution in [2.24, 2.45) is 4.36 Å². The first-order chi connectivity index (χ1) is 20.2. The molecule has 0 bridgehead atoms. The number of aliphatic hydroxyl groups is 1. The summed E-state index contributed by atoms with van der Waals surface area (Å²) in [6.45, 7) is 1.11. The van der Waals surface area contributed by atoms with E-state index in [1.54, 1.807) is 41.1 Å². The molecule has 1 unspecified atom stereocenters. The molecule has 42 heavy (non-hydrogen) atoms. The molecule has 1 aliphatic heterocycles. The molecule has 0 aliphatic carbocycles. The topological polar surface area (TPSA) is 142 Å². The molecular formula is C28H31F2N7O4S. The van der Waals surface area contributed by atoms with Crippen molar-refractivity contribution in [2.45, 2.75) is 29.9 Å². The van der Waals surface area contributed by atoms with Gasteiger partial charge in [-0.2, -0.15) is 4.39 Å². The molecule has 14 heteroatoms. The van der Waals surface area contributed by atoms with Crippen molar-refractivity contribution in [1.29, 1.82) is 0 Å². The molecule has 2 aromatic heterocycles. The van der Waals surface area contributed by atoms with Gasteiger partial charge in [-0.25, -0.2) is 22.9 Å². The standard InChI is InChI=1S/C28H31F2N7O4S/c1-41-23-9-8-20(24(29)25(23)30)22-16-34-27-26(31-12-13-37(22)27)36-17-4-6-19(7-5-17)42(2,40)35-11-3-10-32-28(39)21-14-18(38)15-33-21/h4-9,12-13,16,18,21,33,38H,3,10-11,14-15H2,1-2H3,(H,31,36)(H,32,39)/t18-,21+,42?/m1/s1. The van der Waals surface area contributed by atoms with Crippen LogP contribution in [0.3, 0.4) is 0 Å². The Kier molecular flexibility index (Phi) is 8.66. The van der Waals surface area contributed by atoms with Crippen LogP contribution in [-0.2, 0) is 14.5 Å². The smallest absolute Gasteiger partial charge is 0.237 e. The number of anilines is 2. The molecule has 1 amide bonds. The Balaban J connectivity index is 1.24. The number of nitrogens with one attached hydrogen (secondary N) is 3. The molecule has 1 saturated heterocycles. The molecule has 4 N–H and O–H groups in total. The van der Waals surface area contributed by atoms with Crippen LogP contribution in [0.2, 0.25) is 0 Å². The minimum absolute atomic E-state index is 0.0248. The number of rotatable bonds is 10. The number of halogens is 2. The molecule has 0 spiro atoms. The van der Waals surface area contributed by atoms with Crippen molar-refractivity contribution in [3.05, 3.63) is 66.6 Å². The van der Waals surface area contributed by atoms with Gasteiger partial charge in [-0.15, -0.1) is 0 Å². The molecule has 1 fully saturated rings. The Morgan fingerprint density at radius 1 is 1.21 bits per heavy atom. The van der Waals surface area contributed by atoms with Crippen molar-refractivity contribution in [3.8, 4) is 17.0 Å². The lowest BCUT2D eigenvalue weighted by Crippen LogP contribution is -2.40. The van der Waals surface area contributed by atoms with Crippen molar-refractivity contribution in [3.63, 3.8) is 0 Å². The second-order valence-corrected chi connectivity index (χ2v) is 12.2. The number of hydrogen-bond donors (Lipinski definition) is 4. The lowest BCUT2D eigenvalue weighted by molar-refractivity contribution is -0.122. The third-order valence-corrected chi connectivity index (χ3v) is 8.74. The molecule has 5 rings (SSSR count). The van der Waals surface area contributed by atoms with E-state index >= 15 is 0 Å². The summed E-state index contributed by atoms with van der Waals surface area (Å²) < 4.78 is 53.1. The number of fused-ring (bicyclic) bond motifs is 1. The van der Waals surface area contributed by atoms with Gasteiger partial charge in [0.05, 0.1) is 47.4 Å². The summed E-state index contributed by atoms with van der Waals surface area (Å²) in [6, 6.07) is 9.29. The minimum atomic E-state index is -2.67. The third-order valence-electron chi connectivity index (χ3n) is 6.92. The van der Waals surface area contributed by atoms with Gasteiger partial charge in [0.25, 0.3) is 0 Å². The first-order valence-corrected chi connectivity index (χ1v) is 15.2. The van der Waals surface area contributed by atoms with Crippen LogP contribution < -0.4 is 20.7 Å².